The van der Waals surface area contributed by atoms with Gasteiger partial charge in [0.1, 0.15) is 6.04 Å². The third-order valence-electron chi connectivity index (χ3n) is 2.62. The van der Waals surface area contributed by atoms with Gasteiger partial charge in [0.05, 0.1) is 15.9 Å². The number of rotatable bonds is 3. The van der Waals surface area contributed by atoms with Crippen molar-refractivity contribution in [2.45, 2.75) is 33.7 Å². The molecule has 0 saturated carbocycles. The van der Waals surface area contributed by atoms with Gasteiger partial charge in [-0.1, -0.05) is 0 Å². The van der Waals surface area contributed by atoms with Crippen molar-refractivity contribution >= 4 is 39.2 Å². The molecule has 1 aromatic rings. The summed E-state index contributed by atoms with van der Waals surface area (Å²) in [5.41, 5.74) is 6.96. The van der Waals surface area contributed by atoms with Gasteiger partial charge in [-0.25, -0.2) is 0 Å². The van der Waals surface area contributed by atoms with Crippen LogP contribution >= 0.6 is 28.1 Å². The van der Waals surface area contributed by atoms with Crippen molar-refractivity contribution in [3.63, 3.8) is 0 Å². The number of hydrazine groups is 1. The molecular weight excluding hydrogens is 330 g/mol. The van der Waals surface area contributed by atoms with Gasteiger partial charge in [0.15, 0.2) is 5.11 Å². The normalized spacial score (nSPS) is 11.8. The number of amides is 1. The Kier molecular flexibility index (Phi) is 5.74. The predicted molar refractivity (Wildman–Crippen MR) is 81.7 cm³/mol. The van der Waals surface area contributed by atoms with E-state index >= 15 is 0 Å². The van der Waals surface area contributed by atoms with Crippen LogP contribution in [0.25, 0.3) is 0 Å². The van der Waals surface area contributed by atoms with E-state index in [-0.39, 0.29) is 5.91 Å². The second kappa shape index (κ2) is 6.85. The third kappa shape index (κ3) is 3.90. The zero-order valence-corrected chi connectivity index (χ0v) is 13.8. The predicted octanol–water partition coefficient (Wildman–Crippen LogP) is 1.34. The lowest BCUT2D eigenvalue weighted by Gasteiger charge is -2.16. The van der Waals surface area contributed by atoms with Crippen LogP contribution in [-0.4, -0.2) is 27.3 Å². The summed E-state index contributed by atoms with van der Waals surface area (Å²) < 4.78 is 2.59. The fourth-order valence-electron chi connectivity index (χ4n) is 1.56. The Balaban J connectivity index is 2.67. The summed E-state index contributed by atoms with van der Waals surface area (Å²) in [6, 6.07) is -0.429. The molecule has 0 saturated heterocycles. The molecule has 8 heteroatoms. The van der Waals surface area contributed by atoms with Crippen molar-refractivity contribution in [1.29, 1.82) is 0 Å². The first-order valence-electron chi connectivity index (χ1n) is 5.93. The number of carbonyl (C=O) groups is 1. The van der Waals surface area contributed by atoms with Crippen molar-refractivity contribution in [2.75, 3.05) is 6.54 Å². The fourth-order valence-corrected chi connectivity index (χ4v) is 2.01. The molecule has 1 amide bonds. The van der Waals surface area contributed by atoms with Crippen LogP contribution in [0.2, 0.25) is 0 Å². The van der Waals surface area contributed by atoms with Gasteiger partial charge in [0, 0.05) is 6.54 Å². The Hall–Kier alpha value is -1.15. The molecule has 0 aliphatic heterocycles. The topological polar surface area (TPSA) is 71.0 Å². The van der Waals surface area contributed by atoms with Crippen molar-refractivity contribution in [3.05, 3.63) is 15.9 Å². The highest BCUT2D eigenvalue weighted by atomic mass is 79.9. The van der Waals surface area contributed by atoms with Gasteiger partial charge in [-0.15, -0.1) is 0 Å². The Bertz CT molecular complexity index is 488. The van der Waals surface area contributed by atoms with Gasteiger partial charge in [-0.3, -0.25) is 20.3 Å². The minimum absolute atomic E-state index is 0.210. The van der Waals surface area contributed by atoms with Crippen LogP contribution in [0, 0.1) is 13.8 Å². The average molecular weight is 348 g/mol. The SMILES string of the molecule is CCNC(=S)NNC(=O)C(C)n1nc(C)c(Br)c1C. The van der Waals surface area contributed by atoms with E-state index in [4.69, 9.17) is 12.2 Å². The quantitative estimate of drug-likeness (QED) is 0.568. The van der Waals surface area contributed by atoms with Crippen molar-refractivity contribution < 1.29 is 4.79 Å². The first-order valence-corrected chi connectivity index (χ1v) is 7.13. The van der Waals surface area contributed by atoms with Gasteiger partial charge >= 0.3 is 0 Å². The molecule has 0 aliphatic rings. The lowest BCUT2D eigenvalue weighted by Crippen LogP contribution is -2.48. The number of nitrogens with zero attached hydrogens (tertiary/aromatic N) is 2. The van der Waals surface area contributed by atoms with Gasteiger partial charge in [-0.2, -0.15) is 5.10 Å². The van der Waals surface area contributed by atoms with Crippen molar-refractivity contribution in [3.8, 4) is 0 Å². The molecule has 1 heterocycles. The second-order valence-corrected chi connectivity index (χ2v) is 5.28. The Labute approximate surface area is 126 Å². The zero-order chi connectivity index (χ0) is 14.6. The van der Waals surface area contributed by atoms with E-state index in [1.807, 2.05) is 20.8 Å². The average Bonchev–Trinajstić information content (AvgIpc) is 2.63. The van der Waals surface area contributed by atoms with Gasteiger partial charge in [0.2, 0.25) is 0 Å². The Morgan fingerprint density at radius 3 is 2.58 bits per heavy atom. The first kappa shape index (κ1) is 15.9. The van der Waals surface area contributed by atoms with Gasteiger partial charge in [0.25, 0.3) is 5.91 Å². The molecule has 1 unspecified atom stereocenters. The molecule has 1 atom stereocenters. The second-order valence-electron chi connectivity index (χ2n) is 4.08. The number of carbonyl (C=O) groups excluding carboxylic acids is 1. The van der Waals surface area contributed by atoms with E-state index in [1.165, 1.54) is 0 Å². The summed E-state index contributed by atoms with van der Waals surface area (Å²) in [7, 11) is 0. The van der Waals surface area contributed by atoms with Crippen LogP contribution in [0.3, 0.4) is 0 Å². The first-order chi connectivity index (χ1) is 8.88. The zero-order valence-electron chi connectivity index (χ0n) is 11.4. The molecule has 0 fully saturated rings. The lowest BCUT2D eigenvalue weighted by molar-refractivity contribution is -0.124. The third-order valence-corrected chi connectivity index (χ3v) is 4.01. The molecule has 0 aromatic carbocycles. The minimum atomic E-state index is -0.429. The lowest BCUT2D eigenvalue weighted by atomic mass is 10.3. The summed E-state index contributed by atoms with van der Waals surface area (Å²) in [5.74, 6) is -0.210. The maximum Gasteiger partial charge on any atom is 0.262 e. The number of halogens is 1. The summed E-state index contributed by atoms with van der Waals surface area (Å²) in [4.78, 5) is 12.0. The van der Waals surface area contributed by atoms with Crippen molar-refractivity contribution in [2.24, 2.45) is 0 Å². The van der Waals surface area contributed by atoms with E-state index < -0.39 is 6.04 Å². The smallest absolute Gasteiger partial charge is 0.262 e. The summed E-state index contributed by atoms with van der Waals surface area (Å²) in [6.07, 6.45) is 0. The van der Waals surface area contributed by atoms with Crippen LogP contribution in [-0.2, 0) is 4.79 Å². The molecule has 0 aliphatic carbocycles. The molecule has 106 valence electrons. The van der Waals surface area contributed by atoms with Gasteiger partial charge < -0.3 is 5.32 Å². The number of thiocarbonyl (C=S) groups is 1. The Morgan fingerprint density at radius 1 is 1.47 bits per heavy atom. The van der Waals surface area contributed by atoms with E-state index in [0.29, 0.717) is 11.7 Å². The number of nitrogens with one attached hydrogen (secondary N) is 3. The molecule has 19 heavy (non-hydrogen) atoms. The molecule has 1 rings (SSSR count). The largest absolute Gasteiger partial charge is 0.362 e. The van der Waals surface area contributed by atoms with E-state index in [2.05, 4.69) is 37.2 Å². The number of hydrogen-bond donors (Lipinski definition) is 3. The number of hydrogen-bond acceptors (Lipinski definition) is 3. The van der Waals surface area contributed by atoms with Crippen LogP contribution in [0.15, 0.2) is 4.47 Å². The van der Waals surface area contributed by atoms with Crippen LogP contribution in [0.5, 0.6) is 0 Å². The molecule has 6 nitrogen and oxygen atoms in total. The molecule has 0 spiro atoms. The molecule has 1 aromatic heterocycles. The highest BCUT2D eigenvalue weighted by Gasteiger charge is 2.20. The Morgan fingerprint density at radius 2 is 2.11 bits per heavy atom. The maximum atomic E-state index is 12.0. The van der Waals surface area contributed by atoms with Crippen LogP contribution < -0.4 is 16.2 Å². The van der Waals surface area contributed by atoms with Crippen molar-refractivity contribution in [1.82, 2.24) is 25.9 Å². The molecule has 3 N–H and O–H groups in total. The summed E-state index contributed by atoms with van der Waals surface area (Å²) in [5, 5.41) is 7.59. The molecule has 0 bridgehead atoms. The highest BCUT2D eigenvalue weighted by molar-refractivity contribution is 9.10. The standard InChI is InChI=1S/C11H18BrN5OS/c1-5-13-11(19)15-14-10(18)8(4)17-7(3)9(12)6(2)16-17/h8H,5H2,1-4H3,(H,14,18)(H2,13,15,19). The molecular formula is C11H18BrN5OS. The van der Waals surface area contributed by atoms with E-state index in [9.17, 15) is 4.79 Å². The maximum absolute atomic E-state index is 12.0. The number of aromatic nitrogens is 2. The van der Waals surface area contributed by atoms with Crippen LogP contribution in [0.1, 0.15) is 31.3 Å². The van der Waals surface area contributed by atoms with E-state index in [0.717, 1.165) is 15.9 Å². The van der Waals surface area contributed by atoms with E-state index in [1.54, 1.807) is 11.6 Å². The monoisotopic (exact) mass is 347 g/mol. The van der Waals surface area contributed by atoms with Crippen LogP contribution in [0.4, 0.5) is 0 Å². The minimum Gasteiger partial charge on any atom is -0.362 e. The highest BCUT2D eigenvalue weighted by Crippen LogP contribution is 2.22. The van der Waals surface area contributed by atoms with Gasteiger partial charge in [-0.05, 0) is 55.8 Å². The molecule has 0 radical (unpaired) electrons. The summed E-state index contributed by atoms with van der Waals surface area (Å²) >= 11 is 8.40. The number of aryl methyl sites for hydroxylation is 1. The summed E-state index contributed by atoms with van der Waals surface area (Å²) in [6.45, 7) is 8.19. The fraction of sp³-hybridized carbons (Fsp3) is 0.545.